The van der Waals surface area contributed by atoms with Gasteiger partial charge in [-0.05, 0) is 24.3 Å². The number of thioether (sulfide) groups is 1. The van der Waals surface area contributed by atoms with Crippen LogP contribution in [0.5, 0.6) is 0 Å². The van der Waals surface area contributed by atoms with Gasteiger partial charge in [0.1, 0.15) is 11.8 Å². The maximum Gasteiger partial charge on any atom is 0.234 e. The van der Waals surface area contributed by atoms with E-state index in [0.29, 0.717) is 22.1 Å². The van der Waals surface area contributed by atoms with Crippen molar-refractivity contribution in [1.29, 1.82) is 0 Å². The second-order valence-electron chi connectivity index (χ2n) is 4.34. The fourth-order valence-electron chi connectivity index (χ4n) is 1.76. The van der Waals surface area contributed by atoms with Gasteiger partial charge >= 0.3 is 0 Å². The molecule has 3 rings (SSSR count). The quantitative estimate of drug-likeness (QED) is 0.601. The fourth-order valence-corrected chi connectivity index (χ4v) is 2.69. The lowest BCUT2D eigenvalue weighted by Crippen LogP contribution is -2.13. The largest absolute Gasteiger partial charge is 0.382 e. The number of nitrogens with two attached hydrogens (primary N) is 1. The standard InChI is InChI=1S/C13H11BrN6OS/c14-7-1-3-8(4-2-7)18-9(21)5-22-13-19-10-11(15)16-6-17-12(10)20-13/h1-4,6H,5H2,(H,18,21)(H3,15,16,17,19,20). The number of carbonyl (C=O) groups excluding carboxylic acids is 1. The van der Waals surface area contributed by atoms with Crippen molar-refractivity contribution < 1.29 is 4.79 Å². The number of carbonyl (C=O) groups is 1. The maximum atomic E-state index is 11.9. The van der Waals surface area contributed by atoms with E-state index in [1.165, 1.54) is 18.1 Å². The first-order valence-electron chi connectivity index (χ1n) is 6.26. The number of nitrogen functional groups attached to an aromatic ring is 1. The number of amides is 1. The molecule has 0 atom stereocenters. The molecule has 3 aromatic rings. The number of rotatable bonds is 4. The first kappa shape index (κ1) is 14.8. The number of aromatic amines is 1. The molecule has 0 saturated heterocycles. The van der Waals surface area contributed by atoms with E-state index in [0.717, 1.165) is 10.2 Å². The van der Waals surface area contributed by atoms with E-state index in [9.17, 15) is 4.79 Å². The minimum absolute atomic E-state index is 0.119. The number of nitrogens with one attached hydrogen (secondary N) is 2. The molecule has 0 radical (unpaired) electrons. The molecule has 0 spiro atoms. The molecular weight excluding hydrogens is 368 g/mol. The van der Waals surface area contributed by atoms with E-state index in [-0.39, 0.29) is 11.7 Å². The predicted octanol–water partition coefficient (Wildman–Crippen LogP) is 2.43. The summed E-state index contributed by atoms with van der Waals surface area (Å²) in [5.41, 5.74) is 7.54. The maximum absolute atomic E-state index is 11.9. The molecule has 22 heavy (non-hydrogen) atoms. The van der Waals surface area contributed by atoms with Crippen molar-refractivity contribution in [3.05, 3.63) is 35.1 Å². The normalized spacial score (nSPS) is 10.8. The second-order valence-corrected chi connectivity index (χ2v) is 6.22. The zero-order chi connectivity index (χ0) is 15.5. The molecule has 1 aromatic carbocycles. The minimum Gasteiger partial charge on any atom is -0.382 e. The van der Waals surface area contributed by atoms with Crippen LogP contribution in [0.15, 0.2) is 40.2 Å². The zero-order valence-electron chi connectivity index (χ0n) is 11.2. The van der Waals surface area contributed by atoms with Crippen molar-refractivity contribution in [2.75, 3.05) is 16.8 Å². The van der Waals surface area contributed by atoms with Crippen LogP contribution in [0.3, 0.4) is 0 Å². The van der Waals surface area contributed by atoms with Crippen LogP contribution in [0.4, 0.5) is 11.5 Å². The average molecular weight is 379 g/mol. The van der Waals surface area contributed by atoms with Gasteiger partial charge in [0.15, 0.2) is 16.6 Å². The number of hydrogen-bond donors (Lipinski definition) is 3. The molecule has 2 heterocycles. The van der Waals surface area contributed by atoms with E-state index in [4.69, 9.17) is 5.73 Å². The van der Waals surface area contributed by atoms with Gasteiger partial charge in [0, 0.05) is 10.2 Å². The van der Waals surface area contributed by atoms with Gasteiger partial charge in [-0.2, -0.15) is 0 Å². The van der Waals surface area contributed by atoms with E-state index >= 15 is 0 Å². The van der Waals surface area contributed by atoms with Gasteiger partial charge in [-0.1, -0.05) is 27.7 Å². The molecule has 1 amide bonds. The number of imidazole rings is 1. The Morgan fingerprint density at radius 1 is 1.32 bits per heavy atom. The third-order valence-corrected chi connectivity index (χ3v) is 4.17. The smallest absolute Gasteiger partial charge is 0.234 e. The van der Waals surface area contributed by atoms with Gasteiger partial charge in [-0.3, -0.25) is 4.79 Å². The van der Waals surface area contributed by atoms with Crippen molar-refractivity contribution in [1.82, 2.24) is 19.9 Å². The highest BCUT2D eigenvalue weighted by atomic mass is 79.9. The number of hydrogen-bond acceptors (Lipinski definition) is 6. The molecule has 0 bridgehead atoms. The van der Waals surface area contributed by atoms with E-state index in [1.54, 1.807) is 0 Å². The molecule has 7 nitrogen and oxygen atoms in total. The first-order valence-corrected chi connectivity index (χ1v) is 8.04. The van der Waals surface area contributed by atoms with E-state index in [1.807, 2.05) is 24.3 Å². The van der Waals surface area contributed by atoms with Crippen molar-refractivity contribution >= 4 is 56.3 Å². The van der Waals surface area contributed by atoms with Crippen LogP contribution >= 0.6 is 27.7 Å². The summed E-state index contributed by atoms with van der Waals surface area (Å²) in [6.45, 7) is 0. The Morgan fingerprint density at radius 2 is 2.09 bits per heavy atom. The highest BCUT2D eigenvalue weighted by molar-refractivity contribution is 9.10. The van der Waals surface area contributed by atoms with Crippen LogP contribution in [0, 0.1) is 0 Å². The summed E-state index contributed by atoms with van der Waals surface area (Å²) in [7, 11) is 0. The van der Waals surface area contributed by atoms with E-state index < -0.39 is 0 Å². The lowest BCUT2D eigenvalue weighted by molar-refractivity contribution is -0.113. The summed E-state index contributed by atoms with van der Waals surface area (Å²) in [6.07, 6.45) is 1.35. The highest BCUT2D eigenvalue weighted by Gasteiger charge is 2.10. The number of fused-ring (bicyclic) bond motifs is 1. The minimum atomic E-state index is -0.119. The first-order chi connectivity index (χ1) is 10.6. The summed E-state index contributed by atoms with van der Waals surface area (Å²) >= 11 is 4.62. The summed E-state index contributed by atoms with van der Waals surface area (Å²) < 4.78 is 0.959. The van der Waals surface area contributed by atoms with Gasteiger partial charge in [-0.15, -0.1) is 0 Å². The van der Waals surface area contributed by atoms with E-state index in [2.05, 4.69) is 41.2 Å². The topological polar surface area (TPSA) is 110 Å². The van der Waals surface area contributed by atoms with Crippen LogP contribution in [0.1, 0.15) is 0 Å². The van der Waals surface area contributed by atoms with Crippen LogP contribution in [-0.2, 0) is 4.79 Å². The Morgan fingerprint density at radius 3 is 2.82 bits per heavy atom. The Kier molecular flexibility index (Phi) is 4.25. The molecule has 112 valence electrons. The number of halogens is 1. The van der Waals surface area contributed by atoms with Gasteiger partial charge < -0.3 is 16.0 Å². The van der Waals surface area contributed by atoms with Crippen LogP contribution < -0.4 is 11.1 Å². The van der Waals surface area contributed by atoms with Crippen molar-refractivity contribution in [3.8, 4) is 0 Å². The Labute approximate surface area is 138 Å². The molecule has 2 aromatic heterocycles. The zero-order valence-corrected chi connectivity index (χ0v) is 13.6. The predicted molar refractivity (Wildman–Crippen MR) is 89.6 cm³/mol. The van der Waals surface area contributed by atoms with Gasteiger partial charge in [-0.25, -0.2) is 15.0 Å². The number of anilines is 2. The number of benzene rings is 1. The van der Waals surface area contributed by atoms with Crippen molar-refractivity contribution in [2.24, 2.45) is 0 Å². The van der Waals surface area contributed by atoms with Crippen LogP contribution in [0.2, 0.25) is 0 Å². The summed E-state index contributed by atoms with van der Waals surface area (Å²) in [5, 5.41) is 3.39. The lowest BCUT2D eigenvalue weighted by Gasteiger charge is -2.04. The third kappa shape index (κ3) is 3.37. The van der Waals surface area contributed by atoms with Crippen molar-refractivity contribution in [3.63, 3.8) is 0 Å². The number of H-pyrrole nitrogens is 1. The molecule has 0 fully saturated rings. The van der Waals surface area contributed by atoms with Crippen molar-refractivity contribution in [2.45, 2.75) is 5.16 Å². The average Bonchev–Trinajstić information content (AvgIpc) is 2.92. The molecule has 0 saturated carbocycles. The monoisotopic (exact) mass is 378 g/mol. The molecule has 0 aliphatic carbocycles. The van der Waals surface area contributed by atoms with Gasteiger partial charge in [0.25, 0.3) is 0 Å². The number of nitrogens with zero attached hydrogens (tertiary/aromatic N) is 3. The summed E-state index contributed by atoms with van der Waals surface area (Å²) in [5.74, 6) is 0.443. The van der Waals surface area contributed by atoms with Gasteiger partial charge in [0.05, 0.1) is 5.75 Å². The second kappa shape index (κ2) is 6.32. The highest BCUT2D eigenvalue weighted by Crippen LogP contribution is 2.21. The summed E-state index contributed by atoms with van der Waals surface area (Å²) in [4.78, 5) is 27.1. The Bertz CT molecular complexity index is 819. The molecule has 4 N–H and O–H groups in total. The Balaban J connectivity index is 1.62. The van der Waals surface area contributed by atoms with Gasteiger partial charge in [0.2, 0.25) is 5.91 Å². The SMILES string of the molecule is Nc1ncnc2nc(SCC(=O)Nc3ccc(Br)cc3)[nH]c12. The lowest BCUT2D eigenvalue weighted by atomic mass is 10.3. The summed E-state index contributed by atoms with van der Waals surface area (Å²) in [6, 6.07) is 7.38. The van der Waals surface area contributed by atoms with Crippen LogP contribution in [0.25, 0.3) is 11.2 Å². The molecule has 9 heteroatoms. The molecular formula is C13H11BrN6OS. The third-order valence-electron chi connectivity index (χ3n) is 2.76. The number of aromatic nitrogens is 4. The Hall–Kier alpha value is -2.13. The fraction of sp³-hybridized carbons (Fsp3) is 0.0769. The molecule has 0 aliphatic rings. The van der Waals surface area contributed by atoms with Crippen LogP contribution in [-0.4, -0.2) is 31.6 Å². The molecule has 0 unspecified atom stereocenters. The molecule has 0 aliphatic heterocycles.